The molecule has 2 atom stereocenters. The number of hydrogen-bond donors (Lipinski definition) is 2. The summed E-state index contributed by atoms with van der Waals surface area (Å²) in [6, 6.07) is 0. The Kier molecular flexibility index (Phi) is 66.7. The maximum Gasteiger partial charge on any atom is 0.472 e. The van der Waals surface area contributed by atoms with Crippen LogP contribution in [0.1, 0.15) is 271 Å². The fraction of sp³-hybridized carbons (Fsp3) is 0.610. The van der Waals surface area contributed by atoms with Crippen LogP contribution < -0.4 is 5.73 Å². The van der Waals surface area contributed by atoms with E-state index >= 15 is 0 Å². The average molecular weight is 1220 g/mol. The number of phosphoric ester groups is 1. The van der Waals surface area contributed by atoms with Gasteiger partial charge < -0.3 is 20.1 Å². The predicted molar refractivity (Wildman–Crippen MR) is 376 cm³/mol. The first-order valence-electron chi connectivity index (χ1n) is 34.6. The van der Waals surface area contributed by atoms with Gasteiger partial charge in [-0.1, -0.05) is 293 Å². The molecule has 10 heteroatoms. The highest BCUT2D eigenvalue weighted by Gasteiger charge is 2.26. The summed E-state index contributed by atoms with van der Waals surface area (Å²) < 4.78 is 33.1. The van der Waals surface area contributed by atoms with Crippen LogP contribution in [0.2, 0.25) is 0 Å². The van der Waals surface area contributed by atoms with Gasteiger partial charge in [0.1, 0.15) is 6.61 Å². The van der Waals surface area contributed by atoms with Gasteiger partial charge in [0.15, 0.2) is 6.10 Å². The Bertz CT molecular complexity index is 2030. The summed E-state index contributed by atoms with van der Waals surface area (Å²) in [7, 11) is -4.41. The number of ether oxygens (including phenoxy) is 2. The van der Waals surface area contributed by atoms with Gasteiger partial charge in [-0.05, 0) is 135 Å². The van der Waals surface area contributed by atoms with Crippen molar-refractivity contribution < 1.29 is 37.6 Å². The second-order valence-electron chi connectivity index (χ2n) is 22.3. The molecule has 0 saturated carbocycles. The van der Waals surface area contributed by atoms with Crippen LogP contribution in [0.15, 0.2) is 170 Å². The molecule has 87 heavy (non-hydrogen) atoms. The summed E-state index contributed by atoms with van der Waals surface area (Å²) in [4.78, 5) is 35.3. The summed E-state index contributed by atoms with van der Waals surface area (Å²) in [6.45, 7) is 3.60. The summed E-state index contributed by atoms with van der Waals surface area (Å²) in [5.74, 6) is -0.852. The molecule has 0 spiro atoms. The fourth-order valence-corrected chi connectivity index (χ4v) is 9.77. The number of allylic oxidation sites excluding steroid dienone is 28. The topological polar surface area (TPSA) is 134 Å². The maximum absolute atomic E-state index is 12.8. The van der Waals surface area contributed by atoms with Crippen molar-refractivity contribution in [1.82, 2.24) is 0 Å². The number of rotatable bonds is 63. The van der Waals surface area contributed by atoms with Crippen LogP contribution in [-0.4, -0.2) is 49.3 Å². The number of carbonyl (C=O) groups is 2. The summed E-state index contributed by atoms with van der Waals surface area (Å²) in [6.07, 6.45) is 104. The van der Waals surface area contributed by atoms with E-state index in [-0.39, 0.29) is 32.6 Å². The van der Waals surface area contributed by atoms with Crippen LogP contribution in [0.25, 0.3) is 0 Å². The molecule has 0 aromatic heterocycles. The van der Waals surface area contributed by atoms with Gasteiger partial charge in [0.25, 0.3) is 0 Å². The zero-order valence-corrected chi connectivity index (χ0v) is 56.1. The lowest BCUT2D eigenvalue weighted by Crippen LogP contribution is -2.29. The lowest BCUT2D eigenvalue weighted by atomic mass is 10.1. The molecule has 492 valence electrons. The molecule has 9 nitrogen and oxygen atoms in total. The molecule has 0 aliphatic heterocycles. The molecule has 0 aromatic carbocycles. The first-order chi connectivity index (χ1) is 42.8. The maximum atomic E-state index is 12.8. The van der Waals surface area contributed by atoms with Crippen LogP contribution in [0, 0.1) is 0 Å². The van der Waals surface area contributed by atoms with E-state index in [1.165, 1.54) is 89.9 Å². The Hall–Kier alpha value is -4.63. The third kappa shape index (κ3) is 70.3. The number of esters is 2. The minimum atomic E-state index is -4.41. The Labute approximate surface area is 533 Å². The van der Waals surface area contributed by atoms with Crippen molar-refractivity contribution in [3.8, 4) is 0 Å². The van der Waals surface area contributed by atoms with Crippen molar-refractivity contribution in [2.24, 2.45) is 5.73 Å². The summed E-state index contributed by atoms with van der Waals surface area (Å²) in [5.41, 5.74) is 5.40. The molecule has 0 heterocycles. The third-order valence-electron chi connectivity index (χ3n) is 14.1. The summed E-state index contributed by atoms with van der Waals surface area (Å²) >= 11 is 0. The van der Waals surface area contributed by atoms with Crippen LogP contribution >= 0.6 is 7.82 Å². The molecule has 0 aromatic rings. The van der Waals surface area contributed by atoms with E-state index in [9.17, 15) is 19.0 Å². The molecule has 3 N–H and O–H groups in total. The lowest BCUT2D eigenvalue weighted by Gasteiger charge is -2.19. The Morgan fingerprint density at radius 3 is 0.943 bits per heavy atom. The third-order valence-corrected chi connectivity index (χ3v) is 15.1. The normalized spacial score (nSPS) is 14.0. The van der Waals surface area contributed by atoms with Crippen molar-refractivity contribution in [1.29, 1.82) is 0 Å². The Morgan fingerprint density at radius 2 is 0.632 bits per heavy atom. The monoisotopic (exact) mass is 1220 g/mol. The molecule has 0 aliphatic rings. The molecule has 0 fully saturated rings. The molecule has 0 radical (unpaired) electrons. The van der Waals surface area contributed by atoms with E-state index in [4.69, 9.17) is 24.3 Å². The molecule has 0 aliphatic carbocycles. The van der Waals surface area contributed by atoms with Crippen molar-refractivity contribution in [3.63, 3.8) is 0 Å². The van der Waals surface area contributed by atoms with Crippen LogP contribution in [0.3, 0.4) is 0 Å². The standard InChI is InChI=1S/C77H126NO8P/c1-3-5-7-9-11-13-15-17-19-21-23-25-27-29-30-31-32-33-34-35-36-37-38-39-40-41-42-43-44-46-48-50-52-54-56-58-60-62-64-66-68-70-77(80)86-75(74-85-87(81,82)84-72-71-78)73-83-76(79)69-67-65-63-61-59-57-55-53-51-49-47-45-28-26-24-22-20-18-16-14-12-10-8-6-4-2/h5,7,11,13,16-19,22-25,28-30,32-33,35-36,38-39,41-42,44-46,50,52,75H,3-4,6,8-10,12,14-15,20-21,26-27,31,34,37,40,43,47-49,51,53-74,78H2,1-2H3,(H,81,82)/b7-5-,13-11-,18-16-,19-17-,24-22-,25-23-,30-29-,33-32-,36-35-,39-38-,42-41-,45-28-,46-44-,52-50-. The second kappa shape index (κ2) is 70.5. The number of unbranched alkanes of at least 4 members (excludes halogenated alkanes) is 22. The van der Waals surface area contributed by atoms with Gasteiger partial charge in [-0.25, -0.2) is 4.57 Å². The lowest BCUT2D eigenvalue weighted by molar-refractivity contribution is -0.161. The van der Waals surface area contributed by atoms with Crippen molar-refractivity contribution in [3.05, 3.63) is 170 Å². The van der Waals surface area contributed by atoms with Crippen molar-refractivity contribution in [2.75, 3.05) is 26.4 Å². The van der Waals surface area contributed by atoms with E-state index in [1.54, 1.807) is 0 Å². The first-order valence-corrected chi connectivity index (χ1v) is 36.1. The number of nitrogens with two attached hydrogens (primary N) is 1. The molecular formula is C77H126NO8P. The minimum absolute atomic E-state index is 0.0426. The Morgan fingerprint density at radius 1 is 0.356 bits per heavy atom. The molecule has 0 rings (SSSR count). The van der Waals surface area contributed by atoms with Crippen LogP contribution in [0.5, 0.6) is 0 Å². The average Bonchev–Trinajstić information content (AvgIpc) is 3.65. The van der Waals surface area contributed by atoms with Gasteiger partial charge >= 0.3 is 19.8 Å². The van der Waals surface area contributed by atoms with Gasteiger partial charge in [-0.15, -0.1) is 0 Å². The van der Waals surface area contributed by atoms with E-state index in [0.717, 1.165) is 148 Å². The second-order valence-corrected chi connectivity index (χ2v) is 23.8. The minimum Gasteiger partial charge on any atom is -0.462 e. The molecular weight excluding hydrogens is 1100 g/mol. The van der Waals surface area contributed by atoms with Gasteiger partial charge in [-0.3, -0.25) is 18.6 Å². The van der Waals surface area contributed by atoms with Gasteiger partial charge in [0.2, 0.25) is 0 Å². The molecule has 0 saturated heterocycles. The highest BCUT2D eigenvalue weighted by atomic mass is 31.2. The SMILES string of the molecule is CC/C=C\C/C=C\C/C=C\C/C=C\C/C=C\C/C=C\C/C=C\C/C=C\C/C=C\C/C=C\C/C=C\CCCCCCCCCC(=O)OC(COC(=O)CCCCCCCCCCCC/C=C\C/C=C\C/C=C\CCCCCCC)COP(=O)(O)OCCN. The number of hydrogen-bond acceptors (Lipinski definition) is 8. The number of phosphoric acid groups is 1. The molecule has 0 amide bonds. The number of carbonyl (C=O) groups excluding carboxylic acids is 2. The highest BCUT2D eigenvalue weighted by molar-refractivity contribution is 7.47. The van der Waals surface area contributed by atoms with Crippen LogP contribution in [0.4, 0.5) is 0 Å². The smallest absolute Gasteiger partial charge is 0.462 e. The van der Waals surface area contributed by atoms with Gasteiger partial charge in [0.05, 0.1) is 13.2 Å². The fourth-order valence-electron chi connectivity index (χ4n) is 9.00. The zero-order valence-electron chi connectivity index (χ0n) is 55.2. The molecule has 2 unspecified atom stereocenters. The van der Waals surface area contributed by atoms with Gasteiger partial charge in [-0.2, -0.15) is 0 Å². The van der Waals surface area contributed by atoms with Gasteiger partial charge in [0, 0.05) is 19.4 Å². The highest BCUT2D eigenvalue weighted by Crippen LogP contribution is 2.43. The van der Waals surface area contributed by atoms with Crippen molar-refractivity contribution in [2.45, 2.75) is 277 Å². The van der Waals surface area contributed by atoms with Crippen molar-refractivity contribution >= 4 is 19.8 Å². The molecule has 0 bridgehead atoms. The zero-order chi connectivity index (χ0) is 63.0. The van der Waals surface area contributed by atoms with Crippen LogP contribution in [-0.2, 0) is 32.7 Å². The largest absolute Gasteiger partial charge is 0.472 e. The first kappa shape index (κ1) is 82.4. The quantitative estimate of drug-likeness (QED) is 0.0264. The predicted octanol–water partition coefficient (Wildman–Crippen LogP) is 23.0. The summed E-state index contributed by atoms with van der Waals surface area (Å²) in [5, 5.41) is 0. The Balaban J connectivity index is 4.01. The van der Waals surface area contributed by atoms with E-state index in [1.807, 2.05) is 0 Å². The van der Waals surface area contributed by atoms with E-state index < -0.39 is 32.5 Å². The van der Waals surface area contributed by atoms with E-state index in [0.29, 0.717) is 6.42 Å². The van der Waals surface area contributed by atoms with E-state index in [2.05, 4.69) is 184 Å².